The van der Waals surface area contributed by atoms with Crippen molar-refractivity contribution in [2.24, 2.45) is 0 Å². The molecule has 1 fully saturated rings. The standard InChI is InChI=1S/C11H15N3O4/c15-7-11(3-1-4-11)13-9(17)6-14-5-2-8(16)12-10(14)18/h2,5,15H,1,3-4,6-7H2,(H,13,17)(H,12,16,18). The SMILES string of the molecule is O=C(Cn1ccc(=O)[nH]c1=O)NC1(CO)CCC1. The van der Waals surface area contributed by atoms with Gasteiger partial charge < -0.3 is 10.4 Å². The van der Waals surface area contributed by atoms with E-state index in [0.717, 1.165) is 23.8 Å². The van der Waals surface area contributed by atoms with E-state index in [0.29, 0.717) is 0 Å². The molecule has 0 aromatic carbocycles. The number of nitrogens with one attached hydrogen (secondary N) is 2. The van der Waals surface area contributed by atoms with Gasteiger partial charge in [0, 0.05) is 12.3 Å². The topological polar surface area (TPSA) is 104 Å². The van der Waals surface area contributed by atoms with Gasteiger partial charge in [0.2, 0.25) is 5.91 Å². The largest absolute Gasteiger partial charge is 0.394 e. The lowest BCUT2D eigenvalue weighted by molar-refractivity contribution is -0.125. The molecule has 1 heterocycles. The molecule has 7 nitrogen and oxygen atoms in total. The number of carbonyl (C=O) groups is 1. The Bertz CT molecular complexity index is 550. The molecule has 0 bridgehead atoms. The Labute approximate surface area is 102 Å². The van der Waals surface area contributed by atoms with Gasteiger partial charge in [-0.05, 0) is 19.3 Å². The van der Waals surface area contributed by atoms with Crippen molar-refractivity contribution in [3.8, 4) is 0 Å². The third-order valence-electron chi connectivity index (χ3n) is 3.23. The number of amides is 1. The first-order valence-corrected chi connectivity index (χ1v) is 5.76. The minimum Gasteiger partial charge on any atom is -0.394 e. The zero-order chi connectivity index (χ0) is 13.2. The average Bonchev–Trinajstić information content (AvgIpc) is 2.27. The van der Waals surface area contributed by atoms with Gasteiger partial charge in [-0.1, -0.05) is 0 Å². The fourth-order valence-electron chi connectivity index (χ4n) is 1.98. The Balaban J connectivity index is 2.03. The number of H-pyrrole nitrogens is 1. The van der Waals surface area contributed by atoms with Gasteiger partial charge in [-0.3, -0.25) is 19.1 Å². The van der Waals surface area contributed by atoms with Crippen LogP contribution in [0.5, 0.6) is 0 Å². The van der Waals surface area contributed by atoms with E-state index >= 15 is 0 Å². The Hall–Kier alpha value is -1.89. The highest BCUT2D eigenvalue weighted by Gasteiger charge is 2.37. The number of aromatic nitrogens is 2. The van der Waals surface area contributed by atoms with Gasteiger partial charge in [-0.25, -0.2) is 4.79 Å². The van der Waals surface area contributed by atoms with Crippen molar-refractivity contribution in [1.82, 2.24) is 14.9 Å². The normalized spacial score (nSPS) is 16.9. The number of hydrogen-bond donors (Lipinski definition) is 3. The molecule has 2 rings (SSSR count). The molecule has 0 spiro atoms. The van der Waals surface area contributed by atoms with E-state index in [2.05, 4.69) is 10.3 Å². The number of hydrogen-bond acceptors (Lipinski definition) is 4. The number of aliphatic hydroxyl groups is 1. The van der Waals surface area contributed by atoms with E-state index in [4.69, 9.17) is 0 Å². The fourth-order valence-corrected chi connectivity index (χ4v) is 1.98. The zero-order valence-corrected chi connectivity index (χ0v) is 9.81. The molecule has 7 heteroatoms. The number of aliphatic hydroxyl groups excluding tert-OH is 1. The van der Waals surface area contributed by atoms with Crippen LogP contribution in [0.4, 0.5) is 0 Å². The van der Waals surface area contributed by atoms with Crippen molar-refractivity contribution in [3.05, 3.63) is 33.1 Å². The summed E-state index contributed by atoms with van der Waals surface area (Å²) in [6.45, 7) is -0.267. The highest BCUT2D eigenvalue weighted by molar-refractivity contribution is 5.76. The molecule has 1 aromatic heterocycles. The molecule has 0 unspecified atom stereocenters. The summed E-state index contributed by atoms with van der Waals surface area (Å²) in [5.74, 6) is -0.349. The van der Waals surface area contributed by atoms with E-state index in [1.54, 1.807) is 0 Å². The molecular weight excluding hydrogens is 238 g/mol. The van der Waals surface area contributed by atoms with Crippen molar-refractivity contribution >= 4 is 5.91 Å². The quantitative estimate of drug-likeness (QED) is 0.611. The van der Waals surface area contributed by atoms with Crippen molar-refractivity contribution < 1.29 is 9.90 Å². The van der Waals surface area contributed by atoms with E-state index in [1.807, 2.05) is 0 Å². The lowest BCUT2D eigenvalue weighted by atomic mass is 9.77. The van der Waals surface area contributed by atoms with Gasteiger partial charge in [0.05, 0.1) is 12.1 Å². The molecule has 1 amide bonds. The molecular formula is C11H15N3O4. The van der Waals surface area contributed by atoms with Crippen LogP contribution in [-0.4, -0.2) is 32.7 Å². The first-order chi connectivity index (χ1) is 8.54. The maximum atomic E-state index is 11.7. The molecule has 3 N–H and O–H groups in total. The van der Waals surface area contributed by atoms with Gasteiger partial charge in [-0.2, -0.15) is 0 Å². The third-order valence-corrected chi connectivity index (χ3v) is 3.23. The first kappa shape index (κ1) is 12.6. The van der Waals surface area contributed by atoms with Gasteiger partial charge >= 0.3 is 5.69 Å². The van der Waals surface area contributed by atoms with Crippen molar-refractivity contribution in [3.63, 3.8) is 0 Å². The van der Waals surface area contributed by atoms with Crippen LogP contribution >= 0.6 is 0 Å². The van der Waals surface area contributed by atoms with Gasteiger partial charge in [0.1, 0.15) is 6.54 Å². The average molecular weight is 253 g/mol. The van der Waals surface area contributed by atoms with Gasteiger partial charge in [-0.15, -0.1) is 0 Å². The Morgan fingerprint density at radius 3 is 2.72 bits per heavy atom. The van der Waals surface area contributed by atoms with Crippen molar-refractivity contribution in [2.45, 2.75) is 31.3 Å². The highest BCUT2D eigenvalue weighted by Crippen LogP contribution is 2.30. The highest BCUT2D eigenvalue weighted by atomic mass is 16.3. The predicted octanol–water partition coefficient (Wildman–Crippen LogP) is -1.43. The minimum absolute atomic E-state index is 0.0980. The fraction of sp³-hybridized carbons (Fsp3) is 0.545. The van der Waals surface area contributed by atoms with Crippen LogP contribution in [0.1, 0.15) is 19.3 Å². The summed E-state index contributed by atoms with van der Waals surface area (Å²) in [5, 5.41) is 11.9. The summed E-state index contributed by atoms with van der Waals surface area (Å²) in [6.07, 6.45) is 3.73. The van der Waals surface area contributed by atoms with Crippen LogP contribution in [-0.2, 0) is 11.3 Å². The third kappa shape index (κ3) is 2.51. The second-order valence-electron chi connectivity index (χ2n) is 4.58. The Kier molecular flexibility index (Phi) is 3.33. The summed E-state index contributed by atoms with van der Waals surface area (Å²) in [7, 11) is 0. The molecule has 1 aromatic rings. The van der Waals surface area contributed by atoms with Crippen LogP contribution in [0.15, 0.2) is 21.9 Å². The Morgan fingerprint density at radius 1 is 1.50 bits per heavy atom. The number of aromatic amines is 1. The van der Waals surface area contributed by atoms with E-state index in [-0.39, 0.29) is 19.1 Å². The number of rotatable bonds is 4. The maximum absolute atomic E-state index is 11.7. The van der Waals surface area contributed by atoms with Gasteiger partial charge in [0.15, 0.2) is 0 Å². The molecule has 1 saturated carbocycles. The van der Waals surface area contributed by atoms with Crippen LogP contribution in [0.3, 0.4) is 0 Å². The first-order valence-electron chi connectivity index (χ1n) is 5.76. The number of carbonyl (C=O) groups excluding carboxylic acids is 1. The summed E-state index contributed by atoms with van der Waals surface area (Å²) in [5.41, 5.74) is -1.64. The predicted molar refractivity (Wildman–Crippen MR) is 63.1 cm³/mol. The molecule has 0 radical (unpaired) electrons. The van der Waals surface area contributed by atoms with Crippen LogP contribution in [0, 0.1) is 0 Å². The van der Waals surface area contributed by atoms with Gasteiger partial charge in [0.25, 0.3) is 5.56 Å². The Morgan fingerprint density at radius 2 is 2.22 bits per heavy atom. The summed E-state index contributed by atoms with van der Waals surface area (Å²) < 4.78 is 1.11. The second-order valence-corrected chi connectivity index (χ2v) is 4.58. The van der Waals surface area contributed by atoms with Crippen molar-refractivity contribution in [2.75, 3.05) is 6.61 Å². The lowest BCUT2D eigenvalue weighted by Gasteiger charge is -2.40. The monoisotopic (exact) mass is 253 g/mol. The van der Waals surface area contributed by atoms with Crippen molar-refractivity contribution in [1.29, 1.82) is 0 Å². The molecule has 0 aliphatic heterocycles. The molecule has 0 atom stereocenters. The van der Waals surface area contributed by atoms with E-state index < -0.39 is 16.8 Å². The second kappa shape index (κ2) is 4.77. The molecule has 18 heavy (non-hydrogen) atoms. The maximum Gasteiger partial charge on any atom is 0.328 e. The lowest BCUT2D eigenvalue weighted by Crippen LogP contribution is -2.57. The zero-order valence-electron chi connectivity index (χ0n) is 9.81. The summed E-state index contributed by atoms with van der Waals surface area (Å²) >= 11 is 0. The minimum atomic E-state index is -0.621. The smallest absolute Gasteiger partial charge is 0.328 e. The molecule has 1 aliphatic rings. The van der Waals surface area contributed by atoms with Crippen LogP contribution < -0.4 is 16.6 Å². The van der Waals surface area contributed by atoms with E-state index in [9.17, 15) is 19.5 Å². The molecule has 98 valence electrons. The summed E-state index contributed by atoms with van der Waals surface area (Å²) in [4.78, 5) is 36.0. The number of nitrogens with zero attached hydrogens (tertiary/aromatic N) is 1. The summed E-state index contributed by atoms with van der Waals surface area (Å²) in [6, 6.07) is 1.18. The molecule has 1 aliphatic carbocycles. The van der Waals surface area contributed by atoms with Crippen LogP contribution in [0.2, 0.25) is 0 Å². The van der Waals surface area contributed by atoms with E-state index in [1.165, 1.54) is 12.3 Å². The molecule has 0 saturated heterocycles. The van der Waals surface area contributed by atoms with Crippen LogP contribution in [0.25, 0.3) is 0 Å².